The van der Waals surface area contributed by atoms with Gasteiger partial charge in [-0.2, -0.15) is 4.37 Å². The molecule has 1 aliphatic heterocycles. The second kappa shape index (κ2) is 12.3. The monoisotopic (exact) mass is 551 g/mol. The summed E-state index contributed by atoms with van der Waals surface area (Å²) in [5.41, 5.74) is 1.49. The smallest absolute Gasteiger partial charge is 0.315 e. The van der Waals surface area contributed by atoms with E-state index in [9.17, 15) is 4.79 Å². The third kappa shape index (κ3) is 7.44. The second-order valence-electron chi connectivity index (χ2n) is 9.22. The number of halogens is 1. The lowest BCUT2D eigenvalue weighted by Crippen LogP contribution is -3.00. The summed E-state index contributed by atoms with van der Waals surface area (Å²) in [5, 5.41) is 0. The molecular formula is C22H38IN3O3S. The van der Waals surface area contributed by atoms with Crippen molar-refractivity contribution in [1.82, 2.24) is 8.75 Å². The maximum Gasteiger partial charge on any atom is 0.315 e. The van der Waals surface area contributed by atoms with E-state index < -0.39 is 5.41 Å². The molecule has 2 unspecified atom stereocenters. The van der Waals surface area contributed by atoms with Gasteiger partial charge in [-0.05, 0) is 27.2 Å². The van der Waals surface area contributed by atoms with Gasteiger partial charge in [-0.25, -0.2) is 0 Å². The average molecular weight is 552 g/mol. The molecule has 0 aliphatic carbocycles. The Morgan fingerprint density at radius 3 is 2.60 bits per heavy atom. The van der Waals surface area contributed by atoms with Crippen LogP contribution < -0.4 is 28.7 Å². The van der Waals surface area contributed by atoms with Crippen molar-refractivity contribution in [2.45, 2.75) is 79.4 Å². The van der Waals surface area contributed by atoms with Crippen molar-refractivity contribution in [3.8, 4) is 5.88 Å². The zero-order valence-electron chi connectivity index (χ0n) is 19.4. The van der Waals surface area contributed by atoms with Crippen LogP contribution in [0.5, 0.6) is 5.88 Å². The van der Waals surface area contributed by atoms with E-state index in [1.54, 1.807) is 0 Å². The lowest BCUT2D eigenvalue weighted by atomic mass is 9.97. The summed E-state index contributed by atoms with van der Waals surface area (Å²) < 4.78 is 21.5. The molecule has 2 heterocycles. The summed E-state index contributed by atoms with van der Waals surface area (Å²) in [7, 11) is 2.17. The van der Waals surface area contributed by atoms with Gasteiger partial charge in [0.1, 0.15) is 12.2 Å². The summed E-state index contributed by atoms with van der Waals surface area (Å²) in [4.78, 5) is 12.5. The number of carbonyl (C=O) groups excluding carboxylic acids is 1. The van der Waals surface area contributed by atoms with Crippen molar-refractivity contribution < 1.29 is 42.7 Å². The van der Waals surface area contributed by atoms with E-state index in [-0.39, 0.29) is 36.2 Å². The molecule has 1 aliphatic rings. The number of nitrogens with zero attached hydrogens (tertiary/aromatic N) is 3. The number of esters is 1. The minimum atomic E-state index is -0.501. The minimum Gasteiger partial charge on any atom is -1.00 e. The summed E-state index contributed by atoms with van der Waals surface area (Å²) >= 11 is 1.20. The maximum absolute atomic E-state index is 12.5. The lowest BCUT2D eigenvalue weighted by molar-refractivity contribution is -0.947. The molecule has 0 spiro atoms. The summed E-state index contributed by atoms with van der Waals surface area (Å²) in [5.74, 6) is 0.497. The quantitative estimate of drug-likeness (QED) is 0.193. The Bertz CT molecular complexity index is 702. The number of unbranched alkanes of at least 4 members (excludes halogenated alkanes) is 3. The van der Waals surface area contributed by atoms with Gasteiger partial charge in [0.2, 0.25) is 6.23 Å². The number of likely N-dealkylation sites (N-methyl/N-ethyl adjacent to an activating group) is 1. The van der Waals surface area contributed by atoms with E-state index >= 15 is 0 Å². The molecule has 6 nitrogen and oxygen atoms in total. The molecule has 0 fully saturated rings. The molecule has 30 heavy (non-hydrogen) atoms. The predicted molar refractivity (Wildman–Crippen MR) is 118 cm³/mol. The van der Waals surface area contributed by atoms with E-state index in [2.05, 4.69) is 35.7 Å². The molecule has 0 radical (unpaired) electrons. The Balaban J connectivity index is 0.00000450. The van der Waals surface area contributed by atoms with Crippen molar-refractivity contribution in [3.05, 3.63) is 11.8 Å². The van der Waals surface area contributed by atoms with Gasteiger partial charge in [0.25, 0.3) is 5.88 Å². The molecule has 8 heteroatoms. The predicted octanol–water partition coefficient (Wildman–Crippen LogP) is 2.06. The van der Waals surface area contributed by atoms with Crippen LogP contribution in [0.4, 0.5) is 0 Å². The largest absolute Gasteiger partial charge is 1.00 e. The standard InChI is InChI=1S/C22H38N3O3S.HI/c1-7-9-10-11-15-27-20-19(23-29-24-20)17-13-12-14-25(6,16-17)18(8-2)28-21(26)22(3,4)5;/h13,18H,7-12,14-16H2,1-6H3;1H/q+1;/p-1. The summed E-state index contributed by atoms with van der Waals surface area (Å²) in [6.07, 6.45) is 8.43. The fourth-order valence-corrected chi connectivity index (χ4v) is 4.14. The molecule has 0 N–H and O–H groups in total. The first-order valence-corrected chi connectivity index (χ1v) is 11.6. The molecule has 0 bridgehead atoms. The van der Waals surface area contributed by atoms with Crippen molar-refractivity contribution in [2.24, 2.45) is 5.41 Å². The van der Waals surface area contributed by atoms with Gasteiger partial charge in [-0.3, -0.25) is 9.28 Å². The van der Waals surface area contributed by atoms with Gasteiger partial charge in [0.05, 0.1) is 37.3 Å². The molecule has 1 aromatic heterocycles. The van der Waals surface area contributed by atoms with Crippen LogP contribution >= 0.6 is 11.7 Å². The Hall–Kier alpha value is -0.740. The number of aromatic nitrogens is 2. The van der Waals surface area contributed by atoms with E-state index in [4.69, 9.17) is 9.47 Å². The maximum atomic E-state index is 12.5. The van der Waals surface area contributed by atoms with E-state index in [0.29, 0.717) is 17.0 Å². The van der Waals surface area contributed by atoms with Crippen molar-refractivity contribution in [3.63, 3.8) is 0 Å². The zero-order chi connectivity index (χ0) is 21.5. The van der Waals surface area contributed by atoms with Crippen LogP contribution in [-0.4, -0.2) is 52.2 Å². The first-order valence-electron chi connectivity index (χ1n) is 10.9. The average Bonchev–Trinajstić information content (AvgIpc) is 3.13. The fraction of sp³-hybridized carbons (Fsp3) is 0.773. The van der Waals surface area contributed by atoms with E-state index in [1.807, 2.05) is 20.8 Å². The van der Waals surface area contributed by atoms with Crippen molar-refractivity contribution in [1.29, 1.82) is 0 Å². The molecule has 0 amide bonds. The summed E-state index contributed by atoms with van der Waals surface area (Å²) in [6, 6.07) is 0. The number of ether oxygens (including phenoxy) is 2. The van der Waals surface area contributed by atoms with E-state index in [1.165, 1.54) is 31.0 Å². The highest BCUT2D eigenvalue weighted by molar-refractivity contribution is 6.99. The lowest BCUT2D eigenvalue weighted by Gasteiger charge is -2.43. The molecule has 0 saturated carbocycles. The number of carbonyl (C=O) groups is 1. The van der Waals surface area contributed by atoms with Crippen molar-refractivity contribution in [2.75, 3.05) is 26.7 Å². The van der Waals surface area contributed by atoms with E-state index in [0.717, 1.165) is 43.6 Å². The van der Waals surface area contributed by atoms with Crippen LogP contribution in [0.3, 0.4) is 0 Å². The molecule has 0 aromatic carbocycles. The molecular weight excluding hydrogens is 513 g/mol. The third-order valence-corrected chi connectivity index (χ3v) is 5.97. The van der Waals surface area contributed by atoms with Crippen molar-refractivity contribution >= 4 is 23.3 Å². The van der Waals surface area contributed by atoms with Crippen LogP contribution in [-0.2, 0) is 9.53 Å². The van der Waals surface area contributed by atoms with Gasteiger partial charge >= 0.3 is 5.97 Å². The number of rotatable bonds is 10. The van der Waals surface area contributed by atoms with Gasteiger partial charge < -0.3 is 33.5 Å². The first-order chi connectivity index (χ1) is 13.7. The zero-order valence-corrected chi connectivity index (χ0v) is 22.3. The van der Waals surface area contributed by atoms with Crippen LogP contribution in [0.15, 0.2) is 6.08 Å². The Morgan fingerprint density at radius 2 is 1.97 bits per heavy atom. The molecule has 172 valence electrons. The second-order valence-corrected chi connectivity index (χ2v) is 9.75. The highest BCUT2D eigenvalue weighted by Gasteiger charge is 2.40. The first kappa shape index (κ1) is 27.3. The highest BCUT2D eigenvalue weighted by Crippen LogP contribution is 2.33. The van der Waals surface area contributed by atoms with Gasteiger partial charge in [-0.15, -0.1) is 4.37 Å². The molecule has 0 saturated heterocycles. The van der Waals surface area contributed by atoms with Crippen LogP contribution in [0, 0.1) is 5.41 Å². The Morgan fingerprint density at radius 1 is 1.23 bits per heavy atom. The fourth-order valence-electron chi connectivity index (χ4n) is 3.60. The Kier molecular flexibility index (Phi) is 11.2. The normalized spacial score (nSPS) is 20.1. The highest BCUT2D eigenvalue weighted by atomic mass is 127. The number of quaternary nitrogens is 1. The van der Waals surface area contributed by atoms with Gasteiger partial charge in [-0.1, -0.05) is 39.2 Å². The molecule has 1 aromatic rings. The minimum absolute atomic E-state index is 0. The van der Waals surface area contributed by atoms with Crippen LogP contribution in [0.1, 0.15) is 78.8 Å². The molecule has 2 atom stereocenters. The van der Waals surface area contributed by atoms with Gasteiger partial charge in [0, 0.05) is 18.4 Å². The number of hydrogen-bond donors (Lipinski definition) is 0. The Labute approximate surface area is 203 Å². The number of hydrogen-bond acceptors (Lipinski definition) is 6. The summed E-state index contributed by atoms with van der Waals surface area (Å²) in [6.45, 7) is 12.3. The SMILES string of the molecule is CCCCCCOc1nsnc1C1=CCC[N+](C)(C(CC)OC(=O)C(C)(C)C)C1.[I-]. The van der Waals surface area contributed by atoms with Crippen LogP contribution in [0.25, 0.3) is 5.57 Å². The van der Waals surface area contributed by atoms with Crippen LogP contribution in [0.2, 0.25) is 0 Å². The topological polar surface area (TPSA) is 61.3 Å². The van der Waals surface area contributed by atoms with Gasteiger partial charge in [0.15, 0.2) is 0 Å². The third-order valence-electron chi connectivity index (χ3n) is 5.46. The molecule has 2 rings (SSSR count).